The maximum atomic E-state index is 12.0. The quantitative estimate of drug-likeness (QED) is 0.713. The maximum Gasteiger partial charge on any atom is 0.490 e. The Morgan fingerprint density at radius 2 is 1.97 bits per heavy atom. The molecule has 7 nitrogen and oxygen atoms in total. The second-order valence-corrected chi connectivity index (χ2v) is 9.02. The molecule has 0 bridgehead atoms. The molecule has 1 unspecified atom stereocenters. The Morgan fingerprint density at radius 3 is 2.48 bits per heavy atom. The van der Waals surface area contributed by atoms with E-state index in [0.29, 0.717) is 6.42 Å². The predicted octanol–water partition coefficient (Wildman–Crippen LogP) is 3.53. The highest BCUT2D eigenvalue weighted by atomic mass is 32.1. The number of carboxylic acids is 1. The number of carbonyl (C=O) groups excluding carboxylic acids is 1. The van der Waals surface area contributed by atoms with Crippen LogP contribution < -0.4 is 5.32 Å². The molecule has 0 saturated heterocycles. The second-order valence-electron chi connectivity index (χ2n) is 7.64. The van der Waals surface area contributed by atoms with Gasteiger partial charge in [0.15, 0.2) is 0 Å². The number of aromatic nitrogens is 2. The molecule has 31 heavy (non-hydrogen) atoms. The second kappa shape index (κ2) is 10.3. The summed E-state index contributed by atoms with van der Waals surface area (Å²) in [5, 5.41) is 10.1. The van der Waals surface area contributed by atoms with Crippen LogP contribution in [0.4, 0.5) is 13.2 Å². The van der Waals surface area contributed by atoms with E-state index in [2.05, 4.69) is 40.8 Å². The van der Waals surface area contributed by atoms with Crippen molar-refractivity contribution in [2.75, 3.05) is 6.54 Å². The molecule has 11 heteroatoms. The molecule has 2 aromatic rings. The predicted molar refractivity (Wildman–Crippen MR) is 111 cm³/mol. The molecule has 2 N–H and O–H groups in total. The van der Waals surface area contributed by atoms with E-state index in [1.165, 1.54) is 9.75 Å². The number of carboxylic acid groups (broad SMARTS) is 1. The fraction of sp³-hybridized carbons (Fsp3) is 0.550. The lowest BCUT2D eigenvalue weighted by molar-refractivity contribution is -0.192. The Bertz CT molecular complexity index is 908. The van der Waals surface area contributed by atoms with Gasteiger partial charge in [0.25, 0.3) is 0 Å². The number of nitrogens with one attached hydrogen (secondary N) is 1. The molecule has 0 aliphatic carbocycles. The lowest BCUT2D eigenvalue weighted by atomic mass is 10.2. The summed E-state index contributed by atoms with van der Waals surface area (Å²) in [6.07, 6.45) is -2.69. The van der Waals surface area contributed by atoms with E-state index >= 15 is 0 Å². The molecule has 172 valence electrons. The number of aryl methyl sites for hydroxylation is 1. The standard InChI is InChI=1S/C18H26N4OS.C2HF3O2/c1-12(2)19-17(23)9-15-10-22-8-7-21(14(4)18(22)20-15)11-16-6-5-13(3)24-16;3-2(4,5)1(6)7/h5-6,10,12,14H,7-9,11H2,1-4H3,(H,19,23);(H,6,7). The summed E-state index contributed by atoms with van der Waals surface area (Å²) >= 11 is 1.86. The number of fused-ring (bicyclic) bond motifs is 1. The van der Waals surface area contributed by atoms with Gasteiger partial charge in [-0.2, -0.15) is 13.2 Å². The van der Waals surface area contributed by atoms with Gasteiger partial charge in [0.2, 0.25) is 5.91 Å². The molecule has 0 fully saturated rings. The number of rotatable bonds is 5. The van der Waals surface area contributed by atoms with Crippen LogP contribution in [0.15, 0.2) is 18.3 Å². The molecule has 2 aromatic heterocycles. The van der Waals surface area contributed by atoms with E-state index in [1.807, 2.05) is 31.4 Å². The van der Waals surface area contributed by atoms with E-state index in [-0.39, 0.29) is 18.0 Å². The van der Waals surface area contributed by atoms with Gasteiger partial charge in [0, 0.05) is 41.6 Å². The topological polar surface area (TPSA) is 87.5 Å². The zero-order chi connectivity index (χ0) is 23.3. The molecule has 3 heterocycles. The molecule has 1 aliphatic rings. The molecule has 0 saturated carbocycles. The summed E-state index contributed by atoms with van der Waals surface area (Å²) in [4.78, 5) is 30.8. The fourth-order valence-electron chi connectivity index (χ4n) is 3.20. The first-order valence-electron chi connectivity index (χ1n) is 9.81. The van der Waals surface area contributed by atoms with Gasteiger partial charge in [-0.25, -0.2) is 9.78 Å². The van der Waals surface area contributed by atoms with E-state index < -0.39 is 12.1 Å². The first-order chi connectivity index (χ1) is 14.4. The first-order valence-corrected chi connectivity index (χ1v) is 10.6. The lowest BCUT2D eigenvalue weighted by Gasteiger charge is -2.33. The van der Waals surface area contributed by atoms with Crippen LogP contribution in [-0.4, -0.2) is 50.2 Å². The Labute approximate surface area is 182 Å². The maximum absolute atomic E-state index is 12.0. The summed E-state index contributed by atoms with van der Waals surface area (Å²) in [6.45, 7) is 11.2. The highest BCUT2D eigenvalue weighted by molar-refractivity contribution is 7.11. The minimum absolute atomic E-state index is 0.0408. The number of thiophene rings is 1. The number of alkyl halides is 3. The minimum atomic E-state index is -5.08. The van der Waals surface area contributed by atoms with Crippen LogP contribution in [0, 0.1) is 6.92 Å². The zero-order valence-electron chi connectivity index (χ0n) is 17.9. The number of carbonyl (C=O) groups is 2. The largest absolute Gasteiger partial charge is 0.490 e. The molecule has 0 aromatic carbocycles. The Kier molecular flexibility index (Phi) is 8.24. The SMILES string of the molecule is Cc1ccc(CN2CCn3cc(CC(=O)NC(C)C)nc3C2C)s1.O=C(O)C(F)(F)F. The van der Waals surface area contributed by atoms with E-state index in [1.54, 1.807) is 0 Å². The highest BCUT2D eigenvalue weighted by Crippen LogP contribution is 2.28. The summed E-state index contributed by atoms with van der Waals surface area (Å²) < 4.78 is 33.9. The number of nitrogens with zero attached hydrogens (tertiary/aromatic N) is 3. The zero-order valence-corrected chi connectivity index (χ0v) is 18.7. The molecular weight excluding hydrogens is 433 g/mol. The van der Waals surface area contributed by atoms with E-state index in [9.17, 15) is 18.0 Å². The van der Waals surface area contributed by atoms with Gasteiger partial charge in [-0.05, 0) is 39.8 Å². The van der Waals surface area contributed by atoms with Crippen LogP contribution in [0.2, 0.25) is 0 Å². The molecule has 1 atom stereocenters. The molecule has 0 spiro atoms. The monoisotopic (exact) mass is 460 g/mol. The van der Waals surface area contributed by atoms with Crippen molar-refractivity contribution in [3.05, 3.63) is 39.6 Å². The van der Waals surface area contributed by atoms with Gasteiger partial charge in [-0.3, -0.25) is 9.69 Å². The number of hydrogen-bond donors (Lipinski definition) is 2. The van der Waals surface area contributed by atoms with Crippen LogP contribution >= 0.6 is 11.3 Å². The van der Waals surface area contributed by atoms with Gasteiger partial charge in [-0.15, -0.1) is 11.3 Å². The van der Waals surface area contributed by atoms with Crippen molar-refractivity contribution in [3.8, 4) is 0 Å². The highest BCUT2D eigenvalue weighted by Gasteiger charge is 2.38. The van der Waals surface area contributed by atoms with Gasteiger partial charge in [-0.1, -0.05) is 0 Å². The number of aliphatic carboxylic acids is 1. The average molecular weight is 461 g/mol. The fourth-order valence-corrected chi connectivity index (χ4v) is 4.12. The minimum Gasteiger partial charge on any atom is -0.475 e. The van der Waals surface area contributed by atoms with Crippen molar-refractivity contribution in [2.24, 2.45) is 0 Å². The Morgan fingerprint density at radius 1 is 1.32 bits per heavy atom. The summed E-state index contributed by atoms with van der Waals surface area (Å²) in [6, 6.07) is 4.83. The third-order valence-electron chi connectivity index (χ3n) is 4.60. The van der Waals surface area contributed by atoms with Gasteiger partial charge in [0.1, 0.15) is 5.82 Å². The third kappa shape index (κ3) is 7.35. The van der Waals surface area contributed by atoms with Crippen LogP contribution in [-0.2, 0) is 29.1 Å². The lowest BCUT2D eigenvalue weighted by Crippen LogP contribution is -2.36. The summed E-state index contributed by atoms with van der Waals surface area (Å²) in [5.41, 5.74) is 0.865. The number of hydrogen-bond acceptors (Lipinski definition) is 5. The van der Waals surface area contributed by atoms with E-state index in [0.717, 1.165) is 31.2 Å². The molecule has 3 rings (SSSR count). The van der Waals surface area contributed by atoms with Crippen molar-refractivity contribution < 1.29 is 27.9 Å². The molecule has 1 aliphatic heterocycles. The number of halogens is 3. The Balaban J connectivity index is 0.000000423. The van der Waals surface area contributed by atoms with Crippen molar-refractivity contribution in [1.29, 1.82) is 0 Å². The third-order valence-corrected chi connectivity index (χ3v) is 5.58. The number of amides is 1. The van der Waals surface area contributed by atoms with Crippen LogP contribution in [0.3, 0.4) is 0 Å². The molecule has 1 amide bonds. The first kappa shape index (κ1) is 24.9. The van der Waals surface area contributed by atoms with Gasteiger partial charge < -0.3 is 15.0 Å². The van der Waals surface area contributed by atoms with Crippen molar-refractivity contribution in [1.82, 2.24) is 19.8 Å². The molecular formula is C20H27F3N4O3S. The molecule has 0 radical (unpaired) electrons. The van der Waals surface area contributed by atoms with Gasteiger partial charge >= 0.3 is 12.1 Å². The van der Waals surface area contributed by atoms with E-state index in [4.69, 9.17) is 14.9 Å². The number of imidazole rings is 1. The smallest absolute Gasteiger partial charge is 0.475 e. The van der Waals surface area contributed by atoms with Crippen LogP contribution in [0.25, 0.3) is 0 Å². The van der Waals surface area contributed by atoms with Crippen LogP contribution in [0.5, 0.6) is 0 Å². The van der Waals surface area contributed by atoms with Crippen molar-refractivity contribution >= 4 is 23.2 Å². The van der Waals surface area contributed by atoms with Crippen molar-refractivity contribution in [2.45, 2.75) is 65.5 Å². The summed E-state index contributed by atoms with van der Waals surface area (Å²) in [7, 11) is 0. The van der Waals surface area contributed by atoms with Crippen molar-refractivity contribution in [3.63, 3.8) is 0 Å². The van der Waals surface area contributed by atoms with Gasteiger partial charge in [0.05, 0.1) is 18.2 Å². The normalized spacial score (nSPS) is 16.5. The van der Waals surface area contributed by atoms with Crippen LogP contribution in [0.1, 0.15) is 48.1 Å². The Hall–Kier alpha value is -2.40. The summed E-state index contributed by atoms with van der Waals surface area (Å²) in [5.74, 6) is -1.65. The average Bonchev–Trinajstić information content (AvgIpc) is 3.22.